The van der Waals surface area contributed by atoms with Gasteiger partial charge in [-0.05, 0) is 60.2 Å². The van der Waals surface area contributed by atoms with Gasteiger partial charge in [0.15, 0.2) is 0 Å². The number of benzene rings is 5. The van der Waals surface area contributed by atoms with Crippen LogP contribution in [0.3, 0.4) is 0 Å². The Hall–Kier alpha value is -3.87. The van der Waals surface area contributed by atoms with Crippen LogP contribution in [0.15, 0.2) is 140 Å². The first-order chi connectivity index (χ1) is 17.8. The monoisotopic (exact) mass is 489 g/mol. The highest BCUT2D eigenvalue weighted by Crippen LogP contribution is 2.59. The van der Waals surface area contributed by atoms with Gasteiger partial charge in [0.25, 0.3) is 0 Å². The molecule has 0 aromatic heterocycles. The molecule has 5 aromatic rings. The first-order valence-corrected chi connectivity index (χ1v) is 14.2. The second kappa shape index (κ2) is 11.2. The van der Waals surface area contributed by atoms with Gasteiger partial charge < -0.3 is 9.47 Å². The van der Waals surface area contributed by atoms with Gasteiger partial charge >= 0.3 is 0 Å². The molecule has 0 saturated heterocycles. The minimum Gasteiger partial charge on any atom is -0.497 e. The molecule has 0 aliphatic heterocycles. The molecule has 0 fully saturated rings. The first-order valence-electron chi connectivity index (χ1n) is 12.2. The lowest BCUT2D eigenvalue weighted by Gasteiger charge is -2.28. The molecule has 36 heavy (non-hydrogen) atoms. The lowest BCUT2D eigenvalue weighted by atomic mass is 10.2. The van der Waals surface area contributed by atoms with Crippen molar-refractivity contribution in [3.63, 3.8) is 0 Å². The zero-order chi connectivity index (χ0) is 24.6. The molecule has 3 heteroatoms. The number of rotatable bonds is 9. The van der Waals surface area contributed by atoms with E-state index in [2.05, 4.69) is 109 Å². The summed E-state index contributed by atoms with van der Waals surface area (Å²) in [6.07, 6.45) is 0.826. The molecule has 0 N–H and O–H groups in total. The zero-order valence-corrected chi connectivity index (χ0v) is 21.4. The second-order valence-electron chi connectivity index (χ2n) is 8.72. The summed E-state index contributed by atoms with van der Waals surface area (Å²) in [5.74, 6) is 1.73. The molecule has 5 rings (SSSR count). The van der Waals surface area contributed by atoms with Crippen molar-refractivity contribution in [2.75, 3.05) is 7.11 Å². The molecule has 5 aromatic carbocycles. The van der Waals surface area contributed by atoms with Gasteiger partial charge in [0.2, 0.25) is 0 Å². The van der Waals surface area contributed by atoms with E-state index in [0.29, 0.717) is 6.61 Å². The van der Waals surface area contributed by atoms with Crippen LogP contribution in [0.1, 0.15) is 11.1 Å². The fraction of sp³-hybridized carbons (Fsp3) is 0.0909. The molecule has 0 bridgehead atoms. The molecule has 2 nitrogen and oxygen atoms in total. The topological polar surface area (TPSA) is 18.5 Å². The van der Waals surface area contributed by atoms with Gasteiger partial charge in [-0.2, -0.15) is 0 Å². The summed E-state index contributed by atoms with van der Waals surface area (Å²) in [6.45, 7) is 0.521. The number of methoxy groups -OCH3 is 1. The molecule has 0 aliphatic rings. The van der Waals surface area contributed by atoms with Crippen LogP contribution in [-0.4, -0.2) is 7.11 Å². The van der Waals surface area contributed by atoms with Crippen LogP contribution in [0.4, 0.5) is 0 Å². The van der Waals surface area contributed by atoms with Crippen molar-refractivity contribution >= 4 is 23.2 Å². The molecule has 0 amide bonds. The molecule has 0 spiro atoms. The standard InChI is InChI=1S/C33H30O2P/c1-34-29-22-23-33(35-25-27-14-6-2-7-15-27)28(24-29)26-36(30-16-8-3-9-17-30,31-18-10-4-11-19-31)32-20-12-5-13-21-32/h2-24H,25-26H2,1H3/q+1. The lowest BCUT2D eigenvalue weighted by Crippen LogP contribution is -2.32. The quantitative estimate of drug-likeness (QED) is 0.213. The minimum absolute atomic E-state index is 0.521. The summed E-state index contributed by atoms with van der Waals surface area (Å²) in [4.78, 5) is 0. The van der Waals surface area contributed by atoms with Crippen LogP contribution in [0, 0.1) is 0 Å². The average Bonchev–Trinajstić information content (AvgIpc) is 2.97. The fourth-order valence-electron chi connectivity index (χ4n) is 4.71. The minimum atomic E-state index is -2.06. The van der Waals surface area contributed by atoms with E-state index < -0.39 is 7.26 Å². The highest BCUT2D eigenvalue weighted by atomic mass is 31.2. The maximum absolute atomic E-state index is 6.44. The summed E-state index contributed by atoms with van der Waals surface area (Å²) in [5, 5.41) is 4.04. The summed E-state index contributed by atoms with van der Waals surface area (Å²) >= 11 is 0. The summed E-state index contributed by atoms with van der Waals surface area (Å²) in [6, 6.07) is 49.3. The largest absolute Gasteiger partial charge is 0.497 e. The zero-order valence-electron chi connectivity index (χ0n) is 20.5. The van der Waals surface area contributed by atoms with E-state index >= 15 is 0 Å². The third kappa shape index (κ3) is 5.05. The van der Waals surface area contributed by atoms with Gasteiger partial charge in [-0.3, -0.25) is 0 Å². The Labute approximate surface area is 214 Å². The molecule has 0 aliphatic carbocycles. The van der Waals surface area contributed by atoms with Crippen LogP contribution in [0.5, 0.6) is 11.5 Å². The van der Waals surface area contributed by atoms with Crippen molar-refractivity contribution in [3.05, 3.63) is 151 Å². The molecule has 0 unspecified atom stereocenters. The van der Waals surface area contributed by atoms with Crippen molar-refractivity contribution in [2.24, 2.45) is 0 Å². The van der Waals surface area contributed by atoms with E-state index in [4.69, 9.17) is 9.47 Å². The van der Waals surface area contributed by atoms with E-state index in [1.54, 1.807) is 7.11 Å². The Kier molecular flexibility index (Phi) is 7.45. The normalized spacial score (nSPS) is 11.1. The third-order valence-electron chi connectivity index (χ3n) is 6.50. The Bertz CT molecular complexity index is 1270. The lowest BCUT2D eigenvalue weighted by molar-refractivity contribution is 0.303. The van der Waals surface area contributed by atoms with Gasteiger partial charge in [-0.25, -0.2) is 0 Å². The van der Waals surface area contributed by atoms with Crippen LogP contribution in [0.2, 0.25) is 0 Å². The molecule has 0 saturated carbocycles. The highest BCUT2D eigenvalue weighted by Gasteiger charge is 2.46. The van der Waals surface area contributed by atoms with Gasteiger partial charge in [0.05, 0.1) is 7.11 Å². The summed E-state index contributed by atoms with van der Waals surface area (Å²) < 4.78 is 12.1. The van der Waals surface area contributed by atoms with Crippen LogP contribution >= 0.6 is 7.26 Å². The van der Waals surface area contributed by atoms with Crippen LogP contribution < -0.4 is 25.4 Å². The molecule has 178 valence electrons. The van der Waals surface area contributed by atoms with Gasteiger partial charge in [0, 0.05) is 5.56 Å². The van der Waals surface area contributed by atoms with Crippen molar-refractivity contribution in [2.45, 2.75) is 12.8 Å². The van der Waals surface area contributed by atoms with E-state index in [1.807, 2.05) is 30.3 Å². The SMILES string of the molecule is COc1ccc(OCc2ccccc2)c(C[P+](c2ccccc2)(c2ccccc2)c2ccccc2)c1. The van der Waals surface area contributed by atoms with E-state index in [1.165, 1.54) is 15.9 Å². The van der Waals surface area contributed by atoms with Crippen LogP contribution in [0.25, 0.3) is 0 Å². The smallest absolute Gasteiger partial charge is 0.126 e. The number of hydrogen-bond donors (Lipinski definition) is 0. The Balaban J connectivity index is 1.67. The summed E-state index contributed by atoms with van der Waals surface area (Å²) in [5.41, 5.74) is 2.30. The average molecular weight is 490 g/mol. The van der Waals surface area contributed by atoms with Crippen molar-refractivity contribution in [3.8, 4) is 11.5 Å². The Morgan fingerprint density at radius 2 is 1.03 bits per heavy atom. The third-order valence-corrected chi connectivity index (χ3v) is 10.9. The van der Waals surface area contributed by atoms with Gasteiger partial charge in [-0.1, -0.05) is 84.9 Å². The predicted octanol–water partition coefficient (Wildman–Crippen LogP) is 6.77. The Morgan fingerprint density at radius 1 is 0.556 bits per heavy atom. The fourth-order valence-corrected chi connectivity index (χ4v) is 8.95. The van der Waals surface area contributed by atoms with E-state index in [0.717, 1.165) is 28.8 Å². The second-order valence-corrected chi connectivity index (χ2v) is 12.2. The van der Waals surface area contributed by atoms with E-state index in [-0.39, 0.29) is 0 Å². The maximum atomic E-state index is 6.44. The molecule has 0 atom stereocenters. The number of hydrogen-bond acceptors (Lipinski definition) is 2. The maximum Gasteiger partial charge on any atom is 0.126 e. The van der Waals surface area contributed by atoms with Gasteiger partial charge in [0.1, 0.15) is 47.4 Å². The molecule has 0 radical (unpaired) electrons. The molecular formula is C33H30O2P+. The van der Waals surface area contributed by atoms with E-state index in [9.17, 15) is 0 Å². The van der Waals surface area contributed by atoms with Gasteiger partial charge in [-0.15, -0.1) is 0 Å². The predicted molar refractivity (Wildman–Crippen MR) is 153 cm³/mol. The first kappa shape index (κ1) is 23.9. The molecular weight excluding hydrogens is 459 g/mol. The highest BCUT2D eigenvalue weighted by molar-refractivity contribution is 7.95. The summed E-state index contributed by atoms with van der Waals surface area (Å²) in [7, 11) is -0.344. The van der Waals surface area contributed by atoms with Crippen LogP contribution in [-0.2, 0) is 12.8 Å². The number of ether oxygens (including phenoxy) is 2. The van der Waals surface area contributed by atoms with Crippen molar-refractivity contribution in [1.82, 2.24) is 0 Å². The van der Waals surface area contributed by atoms with Crippen molar-refractivity contribution in [1.29, 1.82) is 0 Å². The van der Waals surface area contributed by atoms with Crippen molar-refractivity contribution < 1.29 is 9.47 Å². The Morgan fingerprint density at radius 3 is 1.50 bits per heavy atom. The molecule has 0 heterocycles.